The molecule has 0 saturated carbocycles. The summed E-state index contributed by atoms with van der Waals surface area (Å²) in [5.41, 5.74) is -0.514. The van der Waals surface area contributed by atoms with Gasteiger partial charge in [0.25, 0.3) is 0 Å². The van der Waals surface area contributed by atoms with Crippen LogP contribution in [0.2, 0.25) is 5.02 Å². The van der Waals surface area contributed by atoms with E-state index in [0.717, 1.165) is 0 Å². The van der Waals surface area contributed by atoms with Crippen LogP contribution in [0.3, 0.4) is 0 Å². The molecule has 25 heavy (non-hydrogen) atoms. The van der Waals surface area contributed by atoms with E-state index in [1.807, 2.05) is 20.8 Å². The van der Waals surface area contributed by atoms with Crippen molar-refractivity contribution in [3.05, 3.63) is 29.3 Å². The number of hydrogen-bond acceptors (Lipinski definition) is 5. The van der Waals surface area contributed by atoms with E-state index in [2.05, 4.69) is 0 Å². The Morgan fingerprint density at radius 2 is 1.76 bits per heavy atom. The summed E-state index contributed by atoms with van der Waals surface area (Å²) >= 11 is 5.79. The fourth-order valence-corrected chi connectivity index (χ4v) is 2.50. The molecule has 1 aromatic carbocycles. The molecule has 0 atom stereocenters. The average Bonchev–Trinajstić information content (AvgIpc) is 2.53. The molecule has 2 rings (SSSR count). The number of halogens is 1. The molecular weight excluding hydrogens is 346 g/mol. The Morgan fingerprint density at radius 1 is 1.16 bits per heavy atom. The fraction of sp³-hybridized carbons (Fsp3) is 0.556. The minimum absolute atomic E-state index is 0.159. The van der Waals surface area contributed by atoms with Gasteiger partial charge < -0.3 is 19.1 Å². The zero-order chi connectivity index (χ0) is 18.4. The molecule has 0 N–H and O–H groups in total. The largest absolute Gasteiger partial charge is 0.482 e. The summed E-state index contributed by atoms with van der Waals surface area (Å²) in [6.07, 6.45) is 0.640. The second kappa shape index (κ2) is 8.43. The Morgan fingerprint density at radius 3 is 2.32 bits per heavy atom. The first kappa shape index (κ1) is 19.4. The standard InChI is InChI=1S/C18H24ClNO5/c1-18(2,3)25-17(22)20-10-8-15(9-11-20)24-16(21)12-23-14-6-4-13(19)5-7-14/h4-7,15H,8-12H2,1-3H3. The number of rotatable bonds is 4. The molecule has 7 heteroatoms. The Kier molecular flexibility index (Phi) is 6.53. The van der Waals surface area contributed by atoms with Crippen molar-refractivity contribution in [2.24, 2.45) is 0 Å². The molecule has 138 valence electrons. The number of carbonyl (C=O) groups excluding carboxylic acids is 2. The number of amides is 1. The normalized spacial score (nSPS) is 15.6. The van der Waals surface area contributed by atoms with Crippen LogP contribution in [0, 0.1) is 0 Å². The Hall–Kier alpha value is -1.95. The molecule has 0 spiro atoms. The van der Waals surface area contributed by atoms with Crippen LogP contribution in [0.4, 0.5) is 4.79 Å². The summed E-state index contributed by atoms with van der Waals surface area (Å²) in [5, 5.41) is 0.603. The first-order valence-corrected chi connectivity index (χ1v) is 8.66. The predicted molar refractivity (Wildman–Crippen MR) is 93.9 cm³/mol. The molecule has 1 aliphatic heterocycles. The first-order chi connectivity index (χ1) is 11.7. The number of likely N-dealkylation sites (tertiary alicyclic amines) is 1. The highest BCUT2D eigenvalue weighted by Crippen LogP contribution is 2.18. The van der Waals surface area contributed by atoms with E-state index in [9.17, 15) is 9.59 Å². The van der Waals surface area contributed by atoms with Crippen molar-refractivity contribution in [3.8, 4) is 5.75 Å². The number of nitrogens with zero attached hydrogens (tertiary/aromatic N) is 1. The smallest absolute Gasteiger partial charge is 0.410 e. The van der Waals surface area contributed by atoms with E-state index in [0.29, 0.717) is 36.7 Å². The molecule has 0 aliphatic carbocycles. The van der Waals surface area contributed by atoms with Gasteiger partial charge in [0.2, 0.25) is 0 Å². The number of carbonyl (C=O) groups is 2. The maximum atomic E-state index is 12.0. The topological polar surface area (TPSA) is 65.1 Å². The number of esters is 1. The van der Waals surface area contributed by atoms with Gasteiger partial charge in [-0.05, 0) is 45.0 Å². The maximum Gasteiger partial charge on any atom is 0.410 e. The lowest BCUT2D eigenvalue weighted by Crippen LogP contribution is -2.44. The monoisotopic (exact) mass is 369 g/mol. The van der Waals surface area contributed by atoms with Crippen LogP contribution < -0.4 is 4.74 Å². The van der Waals surface area contributed by atoms with Gasteiger partial charge in [0.1, 0.15) is 17.5 Å². The van der Waals surface area contributed by atoms with Crippen LogP contribution in [-0.2, 0) is 14.3 Å². The molecule has 0 radical (unpaired) electrons. The third-order valence-electron chi connectivity index (χ3n) is 3.56. The van der Waals surface area contributed by atoms with E-state index < -0.39 is 11.6 Å². The Labute approximate surface area is 153 Å². The van der Waals surface area contributed by atoms with Gasteiger partial charge in [-0.25, -0.2) is 9.59 Å². The van der Waals surface area contributed by atoms with Crippen molar-refractivity contribution >= 4 is 23.7 Å². The predicted octanol–water partition coefficient (Wildman–Crippen LogP) is 3.66. The molecule has 0 unspecified atom stereocenters. The van der Waals surface area contributed by atoms with Gasteiger partial charge >= 0.3 is 12.1 Å². The van der Waals surface area contributed by atoms with Gasteiger partial charge in [0.15, 0.2) is 6.61 Å². The molecule has 1 heterocycles. The Balaban J connectivity index is 1.69. The molecule has 0 aromatic heterocycles. The molecule has 1 aliphatic rings. The highest BCUT2D eigenvalue weighted by atomic mass is 35.5. The van der Waals surface area contributed by atoms with E-state index in [4.69, 9.17) is 25.8 Å². The quantitative estimate of drug-likeness (QED) is 0.758. The lowest BCUT2D eigenvalue weighted by Gasteiger charge is -2.33. The second-order valence-electron chi connectivity index (χ2n) is 6.90. The minimum Gasteiger partial charge on any atom is -0.482 e. The SMILES string of the molecule is CC(C)(C)OC(=O)N1CCC(OC(=O)COc2ccc(Cl)cc2)CC1. The average molecular weight is 370 g/mol. The third-order valence-corrected chi connectivity index (χ3v) is 3.81. The molecule has 1 aromatic rings. The van der Waals surface area contributed by atoms with Gasteiger partial charge in [-0.2, -0.15) is 0 Å². The number of benzene rings is 1. The van der Waals surface area contributed by atoms with Crippen LogP contribution in [0.25, 0.3) is 0 Å². The lowest BCUT2D eigenvalue weighted by molar-refractivity contribution is -0.153. The minimum atomic E-state index is -0.514. The molecule has 6 nitrogen and oxygen atoms in total. The zero-order valence-corrected chi connectivity index (χ0v) is 15.5. The van der Waals surface area contributed by atoms with Gasteiger partial charge in [-0.1, -0.05) is 11.6 Å². The van der Waals surface area contributed by atoms with Crippen molar-refractivity contribution in [2.45, 2.75) is 45.3 Å². The Bertz CT molecular complexity index is 588. The van der Waals surface area contributed by atoms with Crippen molar-refractivity contribution in [3.63, 3.8) is 0 Å². The summed E-state index contributed by atoms with van der Waals surface area (Å²) in [5.74, 6) is 0.131. The number of ether oxygens (including phenoxy) is 3. The van der Waals surface area contributed by atoms with Gasteiger partial charge in [-0.15, -0.1) is 0 Å². The van der Waals surface area contributed by atoms with Crippen LogP contribution in [0.15, 0.2) is 24.3 Å². The van der Waals surface area contributed by atoms with E-state index >= 15 is 0 Å². The van der Waals surface area contributed by atoms with Gasteiger partial charge in [0.05, 0.1) is 0 Å². The maximum absolute atomic E-state index is 12.0. The lowest BCUT2D eigenvalue weighted by atomic mass is 10.1. The first-order valence-electron chi connectivity index (χ1n) is 8.29. The van der Waals surface area contributed by atoms with Crippen LogP contribution >= 0.6 is 11.6 Å². The van der Waals surface area contributed by atoms with Crippen LogP contribution in [0.5, 0.6) is 5.75 Å². The van der Waals surface area contributed by atoms with Crippen LogP contribution in [0.1, 0.15) is 33.6 Å². The zero-order valence-electron chi connectivity index (χ0n) is 14.8. The third kappa shape index (κ3) is 6.82. The van der Waals surface area contributed by atoms with E-state index in [1.165, 1.54) is 0 Å². The second-order valence-corrected chi connectivity index (χ2v) is 7.34. The summed E-state index contributed by atoms with van der Waals surface area (Å²) in [6, 6.07) is 6.76. The van der Waals surface area contributed by atoms with Gasteiger partial charge in [0, 0.05) is 31.0 Å². The van der Waals surface area contributed by atoms with Crippen LogP contribution in [-0.4, -0.2) is 48.4 Å². The van der Waals surface area contributed by atoms with E-state index in [1.54, 1.807) is 29.2 Å². The van der Waals surface area contributed by atoms with E-state index in [-0.39, 0.29) is 18.8 Å². The van der Waals surface area contributed by atoms with Gasteiger partial charge in [-0.3, -0.25) is 0 Å². The molecule has 0 bridgehead atoms. The molecule has 1 fully saturated rings. The fourth-order valence-electron chi connectivity index (χ4n) is 2.38. The summed E-state index contributed by atoms with van der Waals surface area (Å²) in [7, 11) is 0. The van der Waals surface area contributed by atoms with Crippen molar-refractivity contribution in [1.82, 2.24) is 4.90 Å². The summed E-state index contributed by atoms with van der Waals surface area (Å²) < 4.78 is 16.1. The number of hydrogen-bond donors (Lipinski definition) is 0. The van der Waals surface area contributed by atoms with Crippen molar-refractivity contribution < 1.29 is 23.8 Å². The highest BCUT2D eigenvalue weighted by molar-refractivity contribution is 6.30. The number of piperidine rings is 1. The highest BCUT2D eigenvalue weighted by Gasteiger charge is 2.28. The van der Waals surface area contributed by atoms with Crippen molar-refractivity contribution in [1.29, 1.82) is 0 Å². The molecule has 1 amide bonds. The summed E-state index contributed by atoms with van der Waals surface area (Å²) in [6.45, 7) is 6.35. The molecular formula is C18H24ClNO5. The summed E-state index contributed by atoms with van der Waals surface area (Å²) in [4.78, 5) is 25.5. The van der Waals surface area contributed by atoms with Crippen molar-refractivity contribution in [2.75, 3.05) is 19.7 Å². The molecule has 1 saturated heterocycles.